The minimum Gasteiger partial charge on any atom is -0.478 e. The monoisotopic (exact) mass is 597 g/mol. The van der Waals surface area contributed by atoms with Crippen molar-refractivity contribution in [2.24, 2.45) is 0 Å². The van der Waals surface area contributed by atoms with Crippen LogP contribution in [0.5, 0.6) is 0 Å². The molecular weight excluding hydrogens is 570 g/mol. The molecule has 1 saturated heterocycles. The van der Waals surface area contributed by atoms with Crippen molar-refractivity contribution < 1.29 is 45.8 Å². The second-order valence-corrected chi connectivity index (χ2v) is 10.8. The third-order valence-corrected chi connectivity index (χ3v) is 7.65. The van der Waals surface area contributed by atoms with Gasteiger partial charge in [-0.05, 0) is 54.4 Å². The van der Waals surface area contributed by atoms with Gasteiger partial charge in [0, 0.05) is 32.7 Å². The normalized spacial score (nSPS) is 14.1. The maximum atomic E-state index is 13.5. The first-order valence-electron chi connectivity index (χ1n) is 12.1. The largest absolute Gasteiger partial charge is 0.490 e. The van der Waals surface area contributed by atoms with E-state index in [1.165, 1.54) is 30.3 Å². The molecule has 1 aliphatic rings. The molecule has 0 amide bonds. The highest BCUT2D eigenvalue weighted by Crippen LogP contribution is 2.31. The molecule has 41 heavy (non-hydrogen) atoms. The average molecular weight is 598 g/mol. The topological polar surface area (TPSA) is 127 Å². The Morgan fingerprint density at radius 1 is 0.927 bits per heavy atom. The first-order chi connectivity index (χ1) is 19.2. The number of hydrogen-bond acceptors (Lipinski definition) is 6. The van der Waals surface area contributed by atoms with Crippen LogP contribution in [0.4, 0.5) is 28.9 Å². The highest BCUT2D eigenvalue weighted by molar-refractivity contribution is 7.92. The van der Waals surface area contributed by atoms with Gasteiger partial charge in [0.15, 0.2) is 0 Å². The Labute approximate surface area is 233 Å². The number of aryl methyl sites for hydroxylation is 1. The number of alkyl halides is 3. The highest BCUT2D eigenvalue weighted by Gasteiger charge is 2.38. The van der Waals surface area contributed by atoms with E-state index in [2.05, 4.69) is 9.62 Å². The Balaban J connectivity index is 0.000000587. The number of carboxylic acid groups (broad SMARTS) is 2. The Kier molecular flexibility index (Phi) is 9.94. The van der Waals surface area contributed by atoms with E-state index in [9.17, 15) is 35.9 Å². The Morgan fingerprint density at radius 3 is 2.12 bits per heavy atom. The maximum absolute atomic E-state index is 13.5. The minimum atomic E-state index is -5.08. The van der Waals surface area contributed by atoms with Crippen molar-refractivity contribution in [1.29, 1.82) is 0 Å². The number of anilines is 2. The van der Waals surface area contributed by atoms with Gasteiger partial charge < -0.3 is 15.1 Å². The molecule has 1 heterocycles. The van der Waals surface area contributed by atoms with E-state index in [1.54, 1.807) is 37.3 Å². The highest BCUT2D eigenvalue weighted by atomic mass is 32.2. The van der Waals surface area contributed by atoms with Crippen molar-refractivity contribution in [2.75, 3.05) is 35.8 Å². The number of sulfonamides is 1. The summed E-state index contributed by atoms with van der Waals surface area (Å²) in [5.41, 5.74) is 2.33. The molecule has 220 valence electrons. The lowest BCUT2D eigenvalue weighted by Gasteiger charge is -2.37. The van der Waals surface area contributed by atoms with Gasteiger partial charge in [0.2, 0.25) is 0 Å². The number of aromatic carboxylic acids is 1. The van der Waals surface area contributed by atoms with E-state index in [-0.39, 0.29) is 22.0 Å². The molecule has 4 rings (SSSR count). The number of benzene rings is 3. The number of carboxylic acids is 2. The second-order valence-electron chi connectivity index (χ2n) is 9.10. The zero-order chi connectivity index (χ0) is 30.4. The van der Waals surface area contributed by atoms with Crippen molar-refractivity contribution in [3.8, 4) is 0 Å². The molecule has 9 nitrogen and oxygen atoms in total. The standard InChI is InChI=1S/C25H26FN3O4S.C2HF3O2/c1-18-5-2-3-8-24(18)34(32,33)27-22-16-20(25(30)31)9-10-23(22)29-13-11-28(12-14-29)17-19-6-4-7-21(26)15-19;3-2(4,5)1(6)7/h2-10,15-16,27H,11-14,17H2,1H3,(H,30,31);(H,6,7). The molecule has 0 saturated carbocycles. The molecule has 0 atom stereocenters. The van der Waals surface area contributed by atoms with Gasteiger partial charge in [0.1, 0.15) is 5.82 Å². The van der Waals surface area contributed by atoms with Crippen LogP contribution >= 0.6 is 0 Å². The summed E-state index contributed by atoms with van der Waals surface area (Å²) in [5, 5.41) is 16.6. The lowest BCUT2D eigenvalue weighted by Crippen LogP contribution is -2.46. The second kappa shape index (κ2) is 13.0. The predicted octanol–water partition coefficient (Wildman–Crippen LogP) is 4.59. The minimum absolute atomic E-state index is 0.00373. The fraction of sp³-hybridized carbons (Fsp3) is 0.259. The fourth-order valence-electron chi connectivity index (χ4n) is 4.12. The zero-order valence-electron chi connectivity index (χ0n) is 21.7. The summed E-state index contributed by atoms with van der Waals surface area (Å²) in [4.78, 5) is 24.8. The summed E-state index contributed by atoms with van der Waals surface area (Å²) in [5.74, 6) is -4.16. The lowest BCUT2D eigenvalue weighted by atomic mass is 10.1. The molecular formula is C27H27F4N3O6S. The average Bonchev–Trinajstić information content (AvgIpc) is 2.89. The molecule has 3 aromatic carbocycles. The van der Waals surface area contributed by atoms with Crippen LogP contribution in [0.15, 0.2) is 71.6 Å². The van der Waals surface area contributed by atoms with Crippen LogP contribution in [0.25, 0.3) is 0 Å². The molecule has 0 bridgehead atoms. The number of aliphatic carboxylic acids is 1. The molecule has 1 fully saturated rings. The van der Waals surface area contributed by atoms with E-state index in [0.29, 0.717) is 44.0 Å². The summed E-state index contributed by atoms with van der Waals surface area (Å²) in [7, 11) is -3.92. The molecule has 1 aliphatic heterocycles. The summed E-state index contributed by atoms with van der Waals surface area (Å²) in [6.07, 6.45) is -5.08. The van der Waals surface area contributed by atoms with Crippen LogP contribution in [0, 0.1) is 12.7 Å². The Bertz CT molecular complexity index is 1510. The number of rotatable bonds is 7. The number of nitrogens with one attached hydrogen (secondary N) is 1. The third-order valence-electron chi connectivity index (χ3n) is 6.12. The number of piperazine rings is 1. The zero-order valence-corrected chi connectivity index (χ0v) is 22.5. The molecule has 0 radical (unpaired) electrons. The van der Waals surface area contributed by atoms with Gasteiger partial charge in [0.25, 0.3) is 10.0 Å². The summed E-state index contributed by atoms with van der Waals surface area (Å²) in [6.45, 7) is 4.95. The van der Waals surface area contributed by atoms with E-state index in [0.717, 1.165) is 5.56 Å². The number of nitrogens with zero attached hydrogens (tertiary/aromatic N) is 2. The Hall–Kier alpha value is -4.17. The summed E-state index contributed by atoms with van der Waals surface area (Å²) < 4.78 is 74.0. The van der Waals surface area contributed by atoms with Crippen molar-refractivity contribution in [1.82, 2.24) is 4.90 Å². The molecule has 14 heteroatoms. The van der Waals surface area contributed by atoms with Gasteiger partial charge >= 0.3 is 18.1 Å². The predicted molar refractivity (Wildman–Crippen MR) is 143 cm³/mol. The van der Waals surface area contributed by atoms with Gasteiger partial charge in [-0.2, -0.15) is 13.2 Å². The number of halogens is 4. The van der Waals surface area contributed by atoms with Crippen LogP contribution in [0.1, 0.15) is 21.5 Å². The van der Waals surface area contributed by atoms with Gasteiger partial charge in [-0.3, -0.25) is 9.62 Å². The molecule has 0 unspecified atom stereocenters. The van der Waals surface area contributed by atoms with Gasteiger partial charge in [0.05, 0.1) is 21.8 Å². The van der Waals surface area contributed by atoms with Crippen LogP contribution in [0.2, 0.25) is 0 Å². The van der Waals surface area contributed by atoms with Crippen LogP contribution in [-0.2, 0) is 21.4 Å². The summed E-state index contributed by atoms with van der Waals surface area (Å²) in [6, 6.07) is 17.6. The van der Waals surface area contributed by atoms with Gasteiger partial charge in [-0.25, -0.2) is 22.4 Å². The first kappa shape index (κ1) is 31.4. The molecule has 0 spiro atoms. The number of carbonyl (C=O) groups is 2. The van der Waals surface area contributed by atoms with E-state index < -0.39 is 28.1 Å². The number of hydrogen-bond donors (Lipinski definition) is 3. The smallest absolute Gasteiger partial charge is 0.478 e. The quantitative estimate of drug-likeness (QED) is 0.338. The van der Waals surface area contributed by atoms with Crippen molar-refractivity contribution in [2.45, 2.75) is 24.5 Å². The van der Waals surface area contributed by atoms with Crippen LogP contribution in [-0.4, -0.2) is 67.8 Å². The Morgan fingerprint density at radius 2 is 1.56 bits per heavy atom. The lowest BCUT2D eigenvalue weighted by molar-refractivity contribution is -0.192. The third kappa shape index (κ3) is 8.66. The fourth-order valence-corrected chi connectivity index (χ4v) is 5.44. The van der Waals surface area contributed by atoms with Crippen molar-refractivity contribution in [3.63, 3.8) is 0 Å². The molecule has 0 aromatic heterocycles. The van der Waals surface area contributed by atoms with Crippen molar-refractivity contribution in [3.05, 3.63) is 89.2 Å². The van der Waals surface area contributed by atoms with E-state index in [4.69, 9.17) is 9.90 Å². The van der Waals surface area contributed by atoms with Crippen LogP contribution < -0.4 is 9.62 Å². The van der Waals surface area contributed by atoms with Crippen LogP contribution in [0.3, 0.4) is 0 Å². The summed E-state index contributed by atoms with van der Waals surface area (Å²) >= 11 is 0. The van der Waals surface area contributed by atoms with E-state index in [1.807, 2.05) is 11.0 Å². The maximum Gasteiger partial charge on any atom is 0.490 e. The molecule has 3 N–H and O–H groups in total. The van der Waals surface area contributed by atoms with Gasteiger partial charge in [-0.15, -0.1) is 0 Å². The first-order valence-corrected chi connectivity index (χ1v) is 13.6. The van der Waals surface area contributed by atoms with Gasteiger partial charge in [-0.1, -0.05) is 30.3 Å². The SMILES string of the molecule is Cc1ccccc1S(=O)(=O)Nc1cc(C(=O)O)ccc1N1CCN(Cc2cccc(F)c2)CC1.O=C(O)C(F)(F)F. The molecule has 0 aliphatic carbocycles. The van der Waals surface area contributed by atoms with E-state index >= 15 is 0 Å². The van der Waals surface area contributed by atoms with Crippen molar-refractivity contribution >= 4 is 33.3 Å². The molecule has 3 aromatic rings.